The molecule has 0 unspecified atom stereocenters. The molecular formula is C34H40N2O6. The summed E-state index contributed by atoms with van der Waals surface area (Å²) in [6.45, 7) is 6.05. The predicted molar refractivity (Wildman–Crippen MR) is 156 cm³/mol. The van der Waals surface area contributed by atoms with Crippen LogP contribution in [0.3, 0.4) is 0 Å². The molecule has 42 heavy (non-hydrogen) atoms. The molecule has 0 bridgehead atoms. The molecule has 0 spiro atoms. The summed E-state index contributed by atoms with van der Waals surface area (Å²) in [6, 6.07) is 16.1. The predicted octanol–water partition coefficient (Wildman–Crippen LogP) is 5.42. The molecule has 222 valence electrons. The van der Waals surface area contributed by atoms with Crippen molar-refractivity contribution >= 4 is 17.8 Å². The molecule has 3 heterocycles. The highest BCUT2D eigenvalue weighted by Crippen LogP contribution is 2.55. The molecule has 0 radical (unpaired) electrons. The largest absolute Gasteiger partial charge is 0.468 e. The SMILES string of the molecule is COC(=O)[C@@]12C[C@@H](CC(=O)N3CCC(c4ccccc4)CC3)C(=O)N(Cc3ccc4c(c3)OCO4)C1=CCC(C)(C)C2. The standard InChI is InChI=1S/C34H40N2O6/c1-33(2)14-11-29-34(21-33,32(39)40-3)19-26(31(38)36(29)20-23-9-10-27-28(17-23)42-22-41-27)18-30(37)35-15-12-25(13-16-35)24-7-5-4-6-8-24/h4-11,17,25-26H,12-16,18-22H2,1-3H3/t26-,34-/m1/s1. The Morgan fingerprint density at radius 1 is 1.02 bits per heavy atom. The number of hydrogen-bond acceptors (Lipinski definition) is 6. The van der Waals surface area contributed by atoms with Crippen molar-refractivity contribution < 1.29 is 28.6 Å². The van der Waals surface area contributed by atoms with Crippen molar-refractivity contribution in [3.8, 4) is 11.5 Å². The van der Waals surface area contributed by atoms with Crippen LogP contribution in [0.4, 0.5) is 0 Å². The maximum atomic E-state index is 14.2. The molecule has 3 aliphatic heterocycles. The Balaban J connectivity index is 1.26. The van der Waals surface area contributed by atoms with Gasteiger partial charge in [-0.1, -0.05) is 56.3 Å². The number of ether oxygens (including phenoxy) is 3. The van der Waals surface area contributed by atoms with Gasteiger partial charge in [-0.05, 0) is 66.7 Å². The second kappa shape index (κ2) is 11.1. The maximum absolute atomic E-state index is 14.2. The molecule has 4 aliphatic rings. The van der Waals surface area contributed by atoms with Gasteiger partial charge in [0.15, 0.2) is 11.5 Å². The summed E-state index contributed by atoms with van der Waals surface area (Å²) in [7, 11) is 1.41. The van der Waals surface area contributed by atoms with Gasteiger partial charge >= 0.3 is 5.97 Å². The highest BCUT2D eigenvalue weighted by molar-refractivity contribution is 5.92. The summed E-state index contributed by atoms with van der Waals surface area (Å²) < 4.78 is 16.5. The minimum atomic E-state index is -0.994. The molecule has 8 heteroatoms. The Kier molecular flexibility index (Phi) is 7.50. The lowest BCUT2D eigenvalue weighted by molar-refractivity contribution is -0.163. The van der Waals surface area contributed by atoms with Gasteiger partial charge in [0, 0.05) is 31.1 Å². The summed E-state index contributed by atoms with van der Waals surface area (Å²) in [5.74, 6) is 0.639. The lowest BCUT2D eigenvalue weighted by Gasteiger charge is -2.51. The number of rotatable bonds is 6. The van der Waals surface area contributed by atoms with Gasteiger partial charge in [-0.3, -0.25) is 14.4 Å². The molecule has 2 atom stereocenters. The van der Waals surface area contributed by atoms with Crippen LogP contribution in [0.5, 0.6) is 11.5 Å². The molecule has 2 aromatic rings. The number of allylic oxidation sites excluding steroid dienone is 1. The summed E-state index contributed by atoms with van der Waals surface area (Å²) in [6.07, 6.45) is 5.49. The Hall–Kier alpha value is -3.81. The average Bonchev–Trinajstić information content (AvgIpc) is 3.47. The van der Waals surface area contributed by atoms with Crippen molar-refractivity contribution in [2.75, 3.05) is 27.0 Å². The van der Waals surface area contributed by atoms with Crippen molar-refractivity contribution in [2.45, 2.75) is 64.8 Å². The van der Waals surface area contributed by atoms with Crippen LogP contribution in [0.1, 0.15) is 69.4 Å². The molecular weight excluding hydrogens is 532 g/mol. The fourth-order valence-electron chi connectivity index (χ4n) is 7.47. The molecule has 2 saturated heterocycles. The van der Waals surface area contributed by atoms with E-state index in [4.69, 9.17) is 14.2 Å². The van der Waals surface area contributed by atoms with Crippen LogP contribution >= 0.6 is 0 Å². The van der Waals surface area contributed by atoms with Crippen molar-refractivity contribution in [3.05, 3.63) is 71.4 Å². The first-order valence-electron chi connectivity index (χ1n) is 15.0. The van der Waals surface area contributed by atoms with E-state index < -0.39 is 11.3 Å². The third-order valence-electron chi connectivity index (χ3n) is 9.51. The lowest BCUT2D eigenvalue weighted by atomic mass is 9.59. The molecule has 0 aromatic heterocycles. The average molecular weight is 573 g/mol. The van der Waals surface area contributed by atoms with Gasteiger partial charge in [-0.2, -0.15) is 0 Å². The molecule has 0 N–H and O–H groups in total. The first-order chi connectivity index (χ1) is 20.2. The number of carbonyl (C=O) groups excluding carboxylic acids is 3. The van der Waals surface area contributed by atoms with Crippen LogP contribution in [0.25, 0.3) is 0 Å². The van der Waals surface area contributed by atoms with E-state index in [1.165, 1.54) is 12.7 Å². The van der Waals surface area contributed by atoms with Crippen LogP contribution in [0.2, 0.25) is 0 Å². The highest BCUT2D eigenvalue weighted by Gasteiger charge is 2.57. The van der Waals surface area contributed by atoms with E-state index in [9.17, 15) is 14.4 Å². The first-order valence-corrected chi connectivity index (χ1v) is 15.0. The number of likely N-dealkylation sites (tertiary alicyclic amines) is 2. The lowest BCUT2D eigenvalue weighted by Crippen LogP contribution is -2.55. The Bertz CT molecular complexity index is 1390. The summed E-state index contributed by atoms with van der Waals surface area (Å²) in [4.78, 5) is 45.1. The highest BCUT2D eigenvalue weighted by atomic mass is 16.7. The van der Waals surface area contributed by atoms with Gasteiger partial charge in [0.2, 0.25) is 18.6 Å². The van der Waals surface area contributed by atoms with Gasteiger partial charge in [0.25, 0.3) is 0 Å². The summed E-state index contributed by atoms with van der Waals surface area (Å²) in [5, 5.41) is 0. The zero-order chi connectivity index (χ0) is 29.5. The second-order valence-corrected chi connectivity index (χ2v) is 13.0. The number of fused-ring (bicyclic) bond motifs is 2. The van der Waals surface area contributed by atoms with Crippen LogP contribution in [0, 0.1) is 16.7 Å². The molecule has 8 nitrogen and oxygen atoms in total. The summed E-state index contributed by atoms with van der Waals surface area (Å²) in [5.41, 5.74) is 1.73. The van der Waals surface area contributed by atoms with E-state index in [1.54, 1.807) is 4.90 Å². The summed E-state index contributed by atoms with van der Waals surface area (Å²) >= 11 is 0. The number of methoxy groups -OCH3 is 1. The van der Waals surface area contributed by atoms with Crippen LogP contribution in [-0.4, -0.2) is 54.6 Å². The topological polar surface area (TPSA) is 85.4 Å². The molecule has 1 aliphatic carbocycles. The number of esters is 1. The minimum Gasteiger partial charge on any atom is -0.468 e. The zero-order valence-corrected chi connectivity index (χ0v) is 24.8. The van der Waals surface area contributed by atoms with Gasteiger partial charge in [0.05, 0.1) is 13.7 Å². The number of hydrogen-bond donors (Lipinski definition) is 0. The van der Waals surface area contributed by atoms with Crippen molar-refractivity contribution in [2.24, 2.45) is 16.7 Å². The van der Waals surface area contributed by atoms with Crippen LogP contribution in [0.15, 0.2) is 60.3 Å². The van der Waals surface area contributed by atoms with Crippen LogP contribution < -0.4 is 9.47 Å². The number of nitrogens with zero attached hydrogens (tertiary/aromatic N) is 2. The smallest absolute Gasteiger partial charge is 0.317 e. The minimum absolute atomic E-state index is 0.0228. The Morgan fingerprint density at radius 3 is 2.50 bits per heavy atom. The number of carbonyl (C=O) groups is 3. The molecule has 2 fully saturated rings. The van der Waals surface area contributed by atoms with E-state index in [-0.39, 0.29) is 49.4 Å². The van der Waals surface area contributed by atoms with Gasteiger partial charge in [-0.15, -0.1) is 0 Å². The number of piperidine rings is 2. The normalized spacial score (nSPS) is 25.1. The number of amides is 2. The van der Waals surface area contributed by atoms with Crippen molar-refractivity contribution in [1.82, 2.24) is 9.80 Å². The zero-order valence-electron chi connectivity index (χ0n) is 24.8. The van der Waals surface area contributed by atoms with Gasteiger partial charge in [0.1, 0.15) is 5.41 Å². The van der Waals surface area contributed by atoms with Gasteiger partial charge in [-0.25, -0.2) is 0 Å². The van der Waals surface area contributed by atoms with E-state index in [2.05, 4.69) is 38.1 Å². The van der Waals surface area contributed by atoms with E-state index in [1.807, 2.05) is 35.2 Å². The van der Waals surface area contributed by atoms with E-state index >= 15 is 0 Å². The fraction of sp³-hybridized carbons (Fsp3) is 0.500. The molecule has 0 saturated carbocycles. The first kappa shape index (κ1) is 28.3. The Morgan fingerprint density at radius 2 is 1.76 bits per heavy atom. The second-order valence-electron chi connectivity index (χ2n) is 13.0. The monoisotopic (exact) mass is 572 g/mol. The third-order valence-corrected chi connectivity index (χ3v) is 9.51. The quantitative estimate of drug-likeness (QED) is 0.430. The third kappa shape index (κ3) is 5.27. The maximum Gasteiger partial charge on any atom is 0.317 e. The van der Waals surface area contributed by atoms with Crippen LogP contribution in [-0.2, 0) is 25.7 Å². The van der Waals surface area contributed by atoms with E-state index in [0.29, 0.717) is 42.6 Å². The van der Waals surface area contributed by atoms with Crippen molar-refractivity contribution in [1.29, 1.82) is 0 Å². The van der Waals surface area contributed by atoms with Gasteiger partial charge < -0.3 is 24.0 Å². The Labute approximate surface area is 247 Å². The van der Waals surface area contributed by atoms with E-state index in [0.717, 1.165) is 24.8 Å². The fourth-order valence-corrected chi connectivity index (χ4v) is 7.47. The molecule has 2 aromatic carbocycles. The number of benzene rings is 2. The molecule has 2 amide bonds. The molecule has 6 rings (SSSR count). The van der Waals surface area contributed by atoms with Crippen molar-refractivity contribution in [3.63, 3.8) is 0 Å².